The molecular formula is C7H14IN2O-. The number of hydrogen-bond donors (Lipinski definition) is 2. The van der Waals surface area contributed by atoms with E-state index in [0.717, 1.165) is 26.2 Å². The van der Waals surface area contributed by atoms with Crippen molar-refractivity contribution in [3.8, 4) is 0 Å². The van der Waals surface area contributed by atoms with Crippen molar-refractivity contribution in [1.29, 1.82) is 0 Å². The quantitative estimate of drug-likeness (QED) is 0.270. The molecule has 0 aromatic carbocycles. The van der Waals surface area contributed by atoms with E-state index in [1.54, 1.807) is 0 Å². The van der Waals surface area contributed by atoms with Crippen LogP contribution in [-0.2, 0) is 4.74 Å². The summed E-state index contributed by atoms with van der Waals surface area (Å²) in [5.74, 6) is 0. The van der Waals surface area contributed by atoms with Crippen molar-refractivity contribution in [2.24, 2.45) is 0 Å². The van der Waals surface area contributed by atoms with Crippen LogP contribution in [-0.4, -0.2) is 34.4 Å². The molecule has 1 unspecified atom stereocenters. The van der Waals surface area contributed by atoms with Crippen LogP contribution >= 0.6 is 0 Å². The Balaban J connectivity index is 1.94. The average molecular weight is 269 g/mol. The molecule has 3 nitrogen and oxygen atoms in total. The Bertz CT molecular complexity index is 111. The molecule has 2 saturated heterocycles. The summed E-state index contributed by atoms with van der Waals surface area (Å²) < 4.78 is 7.37. The number of alkyl halides is 2. The summed E-state index contributed by atoms with van der Waals surface area (Å²) in [4.78, 5) is 0. The molecule has 1 spiro atoms. The van der Waals surface area contributed by atoms with Gasteiger partial charge in [0.05, 0.1) is 0 Å². The molecular weight excluding hydrogens is 255 g/mol. The van der Waals surface area contributed by atoms with Gasteiger partial charge in [-0.1, -0.05) is 0 Å². The molecule has 1 atom stereocenters. The van der Waals surface area contributed by atoms with Crippen LogP contribution in [0.25, 0.3) is 0 Å². The fourth-order valence-corrected chi connectivity index (χ4v) is 4.43. The van der Waals surface area contributed by atoms with Crippen molar-refractivity contribution in [3.63, 3.8) is 0 Å². The molecule has 2 aliphatic rings. The number of rotatable bonds is 0. The molecule has 0 aromatic rings. The number of morpholine rings is 1. The van der Waals surface area contributed by atoms with Crippen molar-refractivity contribution in [2.75, 3.05) is 30.8 Å². The summed E-state index contributed by atoms with van der Waals surface area (Å²) in [6.07, 6.45) is 1.22. The summed E-state index contributed by atoms with van der Waals surface area (Å²) in [7, 11) is 0. The van der Waals surface area contributed by atoms with Gasteiger partial charge in [0, 0.05) is 0 Å². The third-order valence-electron chi connectivity index (χ3n) is 2.11. The monoisotopic (exact) mass is 269 g/mol. The molecule has 0 radical (unpaired) electrons. The Morgan fingerprint density at radius 3 is 2.91 bits per heavy atom. The zero-order valence-corrected chi connectivity index (χ0v) is 8.69. The van der Waals surface area contributed by atoms with Gasteiger partial charge in [0.2, 0.25) is 0 Å². The van der Waals surface area contributed by atoms with E-state index in [-0.39, 0.29) is 21.2 Å². The summed E-state index contributed by atoms with van der Waals surface area (Å²) in [5, 5.41) is 6.82. The molecule has 0 bridgehead atoms. The Morgan fingerprint density at radius 2 is 2.27 bits per heavy atom. The Morgan fingerprint density at radius 1 is 1.27 bits per heavy atom. The van der Waals surface area contributed by atoms with Crippen LogP contribution in [0.15, 0.2) is 0 Å². The summed E-state index contributed by atoms with van der Waals surface area (Å²) in [6, 6.07) is 0. The number of halogens is 1. The Kier molecular flexibility index (Phi) is 2.65. The number of hydrogen-bond acceptors (Lipinski definition) is 3. The van der Waals surface area contributed by atoms with Crippen LogP contribution in [0.1, 0.15) is 6.42 Å². The van der Waals surface area contributed by atoms with E-state index < -0.39 is 0 Å². The molecule has 4 heteroatoms. The Labute approximate surface area is 77.5 Å². The van der Waals surface area contributed by atoms with Crippen molar-refractivity contribution < 1.29 is 25.9 Å². The fraction of sp³-hybridized carbons (Fsp3) is 1.00. The second kappa shape index (κ2) is 3.55. The second-order valence-electron chi connectivity index (χ2n) is 2.93. The van der Waals surface area contributed by atoms with Crippen molar-refractivity contribution in [1.82, 2.24) is 10.6 Å². The molecule has 0 aliphatic carbocycles. The van der Waals surface area contributed by atoms with Crippen molar-refractivity contribution in [3.05, 3.63) is 0 Å². The topological polar surface area (TPSA) is 33.3 Å². The molecule has 66 valence electrons. The fourth-order valence-electron chi connectivity index (χ4n) is 1.46. The van der Waals surface area contributed by atoms with E-state index in [2.05, 4.69) is 10.6 Å². The molecule has 2 rings (SSSR count). The van der Waals surface area contributed by atoms with Gasteiger partial charge in [-0.25, -0.2) is 0 Å². The van der Waals surface area contributed by atoms with Gasteiger partial charge in [-0.2, -0.15) is 0 Å². The number of ether oxygens (including phenoxy) is 1. The summed E-state index contributed by atoms with van der Waals surface area (Å²) in [5.41, 5.74) is 0. The third kappa shape index (κ3) is 1.85. The van der Waals surface area contributed by atoms with Crippen molar-refractivity contribution in [2.45, 2.75) is 10.0 Å². The summed E-state index contributed by atoms with van der Waals surface area (Å²) in [6.45, 7) is 4.20. The first kappa shape index (κ1) is 8.22. The molecule has 11 heavy (non-hydrogen) atoms. The predicted molar refractivity (Wildman–Crippen MR) is 39.0 cm³/mol. The molecule has 2 fully saturated rings. The molecule has 2 N–H and O–H groups in total. The first-order chi connectivity index (χ1) is 5.41. The normalized spacial score (nSPS) is 40.0. The van der Waals surface area contributed by atoms with Gasteiger partial charge in [0.1, 0.15) is 0 Å². The Hall–Kier alpha value is 0.610. The van der Waals surface area contributed by atoms with E-state index in [9.17, 15) is 0 Å². The van der Waals surface area contributed by atoms with E-state index in [4.69, 9.17) is 4.74 Å². The minimum absolute atomic E-state index is 0.211. The van der Waals surface area contributed by atoms with Crippen LogP contribution in [0.4, 0.5) is 0 Å². The van der Waals surface area contributed by atoms with Gasteiger partial charge in [-0.15, -0.1) is 0 Å². The number of nitrogens with one attached hydrogen (secondary N) is 2. The van der Waals surface area contributed by atoms with Crippen LogP contribution in [0.2, 0.25) is 0 Å². The first-order valence-electron chi connectivity index (χ1n) is 4.07. The minimum atomic E-state index is 0.211. The second-order valence-corrected chi connectivity index (χ2v) is 6.42. The average Bonchev–Trinajstić information content (AvgIpc) is 2.07. The molecule has 0 saturated carbocycles. The molecule has 0 aromatic heterocycles. The maximum atomic E-state index is 5.85. The standard InChI is InChI=1S/C7H14IN2O/c1-2-10-6-8-7(1)5-9-3-4-11-7/h9-10H,1-6H2/q-1. The van der Waals surface area contributed by atoms with Gasteiger partial charge >= 0.3 is 77.4 Å². The molecule has 2 aliphatic heterocycles. The van der Waals surface area contributed by atoms with Gasteiger partial charge in [-0.05, 0) is 0 Å². The van der Waals surface area contributed by atoms with E-state index in [1.807, 2.05) is 0 Å². The van der Waals surface area contributed by atoms with Crippen molar-refractivity contribution >= 4 is 0 Å². The van der Waals surface area contributed by atoms with Crippen LogP contribution in [0.3, 0.4) is 0 Å². The van der Waals surface area contributed by atoms with E-state index >= 15 is 0 Å². The SMILES string of the molecule is C1CC2(CNCCO2)[I-]CN1. The van der Waals surface area contributed by atoms with Gasteiger partial charge < -0.3 is 0 Å². The third-order valence-corrected chi connectivity index (χ3v) is 5.65. The van der Waals surface area contributed by atoms with Crippen LogP contribution in [0.5, 0.6) is 0 Å². The molecule has 2 heterocycles. The maximum absolute atomic E-state index is 5.85. The summed E-state index contributed by atoms with van der Waals surface area (Å²) >= 11 is 0.211. The van der Waals surface area contributed by atoms with Gasteiger partial charge in [-0.3, -0.25) is 0 Å². The first-order valence-corrected chi connectivity index (χ1v) is 6.67. The van der Waals surface area contributed by atoms with E-state index in [0.29, 0.717) is 3.61 Å². The molecule has 0 amide bonds. The van der Waals surface area contributed by atoms with Crippen LogP contribution in [0, 0.1) is 0 Å². The van der Waals surface area contributed by atoms with Gasteiger partial charge in [0.25, 0.3) is 0 Å². The zero-order chi connectivity index (χ0) is 7.57. The van der Waals surface area contributed by atoms with Crippen LogP contribution < -0.4 is 31.8 Å². The zero-order valence-electron chi connectivity index (χ0n) is 6.53. The predicted octanol–water partition coefficient (Wildman–Crippen LogP) is -3.66. The van der Waals surface area contributed by atoms with E-state index in [1.165, 1.54) is 11.0 Å². The van der Waals surface area contributed by atoms with Gasteiger partial charge in [0.15, 0.2) is 0 Å².